The van der Waals surface area contributed by atoms with Crippen molar-refractivity contribution in [2.45, 2.75) is 57.0 Å². The van der Waals surface area contributed by atoms with Crippen molar-refractivity contribution in [3.8, 4) is 17.9 Å². The second-order valence-electron chi connectivity index (χ2n) is 12.5. The minimum absolute atomic E-state index is 0.0835. The van der Waals surface area contributed by atoms with Gasteiger partial charge in [0.05, 0.1) is 17.3 Å². The molecule has 0 saturated carbocycles. The number of piperazine rings is 1. The standard InChI is InChI=1S/C35H38ClN7O3/c1-4-8-30-32(46-30)34(44)43-18-17-42(20-25(43)19-37-2)33-26-14-16-41(29-13-6-10-23-9-5-12-27(36)31(23)29)21-28(26)38-35(39-33)45-22-24-11-7-15-40(24)3/h5-6,9-10,12-13,24-25,30,32H,7,11,14-22H2,1,3H3/t24-,25-,30-,32+/m0/s1. The predicted molar refractivity (Wildman–Crippen MR) is 178 cm³/mol. The van der Waals surface area contributed by atoms with Crippen molar-refractivity contribution in [3.63, 3.8) is 0 Å². The number of epoxide rings is 1. The van der Waals surface area contributed by atoms with Crippen molar-refractivity contribution in [2.24, 2.45) is 0 Å². The third-order valence-electron chi connectivity index (χ3n) is 9.66. The minimum atomic E-state index is -0.540. The molecule has 0 aliphatic carbocycles. The van der Waals surface area contributed by atoms with Gasteiger partial charge in [0.1, 0.15) is 18.5 Å². The average Bonchev–Trinajstić information content (AvgIpc) is 3.72. The van der Waals surface area contributed by atoms with Gasteiger partial charge in [0.25, 0.3) is 5.91 Å². The van der Waals surface area contributed by atoms with Crippen LogP contribution in [0, 0.1) is 18.4 Å². The van der Waals surface area contributed by atoms with Crippen molar-refractivity contribution in [1.29, 1.82) is 0 Å². The zero-order valence-corrected chi connectivity index (χ0v) is 27.0. The van der Waals surface area contributed by atoms with Crippen molar-refractivity contribution < 1.29 is 14.3 Å². The highest BCUT2D eigenvalue weighted by molar-refractivity contribution is 6.36. The number of nitrogens with zero attached hydrogens (tertiary/aromatic N) is 7. The zero-order chi connectivity index (χ0) is 31.8. The van der Waals surface area contributed by atoms with Gasteiger partial charge in [0, 0.05) is 48.9 Å². The van der Waals surface area contributed by atoms with E-state index in [4.69, 9.17) is 37.6 Å². The van der Waals surface area contributed by atoms with Crippen molar-refractivity contribution in [3.05, 3.63) is 64.1 Å². The summed E-state index contributed by atoms with van der Waals surface area (Å²) in [5, 5.41) is 2.88. The molecule has 0 radical (unpaired) electrons. The molecule has 0 spiro atoms. The lowest BCUT2D eigenvalue weighted by molar-refractivity contribution is -0.135. The molecule has 1 aromatic heterocycles. The number of aromatic nitrogens is 2. The van der Waals surface area contributed by atoms with E-state index in [1.807, 2.05) is 17.0 Å². The molecule has 1 amide bonds. The molecule has 0 bridgehead atoms. The molecule has 0 unspecified atom stereocenters. The number of anilines is 2. The number of amides is 1. The number of fused-ring (bicyclic) bond motifs is 2. The maximum Gasteiger partial charge on any atom is 0.318 e. The van der Waals surface area contributed by atoms with Gasteiger partial charge in [-0.15, -0.1) is 5.92 Å². The van der Waals surface area contributed by atoms with Gasteiger partial charge >= 0.3 is 6.01 Å². The van der Waals surface area contributed by atoms with Gasteiger partial charge in [-0.1, -0.05) is 41.8 Å². The summed E-state index contributed by atoms with van der Waals surface area (Å²) in [6.07, 6.45) is 2.11. The summed E-state index contributed by atoms with van der Waals surface area (Å²) in [5.74, 6) is 6.53. The summed E-state index contributed by atoms with van der Waals surface area (Å²) in [6.45, 7) is 14.1. The Bertz CT molecular complexity index is 1740. The van der Waals surface area contributed by atoms with Gasteiger partial charge in [-0.25, -0.2) is 6.57 Å². The van der Waals surface area contributed by atoms with E-state index in [-0.39, 0.29) is 24.6 Å². The Morgan fingerprint density at radius 1 is 1.13 bits per heavy atom. The van der Waals surface area contributed by atoms with Crippen LogP contribution in [0.4, 0.5) is 11.5 Å². The van der Waals surface area contributed by atoms with Crippen molar-refractivity contribution in [1.82, 2.24) is 19.8 Å². The molecule has 4 atom stereocenters. The molecule has 4 aliphatic rings. The maximum absolute atomic E-state index is 13.3. The number of benzene rings is 2. The lowest BCUT2D eigenvalue weighted by atomic mass is 10.0. The lowest BCUT2D eigenvalue weighted by Crippen LogP contribution is -2.58. The fourth-order valence-corrected chi connectivity index (χ4v) is 7.41. The molecule has 238 valence electrons. The van der Waals surface area contributed by atoms with Gasteiger partial charge in [-0.05, 0) is 57.3 Å². The highest BCUT2D eigenvalue weighted by atomic mass is 35.5. The molecule has 11 heteroatoms. The molecular weight excluding hydrogens is 602 g/mol. The number of hydrogen-bond donors (Lipinski definition) is 0. The van der Waals surface area contributed by atoms with Crippen LogP contribution in [0.25, 0.3) is 15.6 Å². The second-order valence-corrected chi connectivity index (χ2v) is 12.9. The third kappa shape index (κ3) is 5.93. The Morgan fingerprint density at radius 2 is 1.98 bits per heavy atom. The van der Waals surface area contributed by atoms with Crippen LogP contribution in [0.3, 0.4) is 0 Å². The maximum atomic E-state index is 13.3. The summed E-state index contributed by atoms with van der Waals surface area (Å²) in [7, 11) is 2.13. The SMILES string of the molecule is [C-]#[N+]C[C@H]1CN(c2nc(OC[C@@H]3CCCN3C)nc3c2CCN(c2cccc4cccc(Cl)c24)C3)CCN1C(=O)[C@@H]1O[C@H]1C#CC. The Balaban J connectivity index is 1.19. The van der Waals surface area contributed by atoms with Crippen LogP contribution in [0.2, 0.25) is 5.02 Å². The molecule has 3 aromatic rings. The summed E-state index contributed by atoms with van der Waals surface area (Å²) >= 11 is 6.72. The first kappa shape index (κ1) is 30.6. The first-order chi connectivity index (χ1) is 22.4. The number of carbonyl (C=O) groups is 1. The molecule has 2 aromatic carbocycles. The predicted octanol–water partition coefficient (Wildman–Crippen LogP) is 4.05. The summed E-state index contributed by atoms with van der Waals surface area (Å²) in [4.78, 5) is 35.7. The fraction of sp³-hybridized carbons (Fsp3) is 0.486. The quantitative estimate of drug-likeness (QED) is 0.218. The molecule has 46 heavy (non-hydrogen) atoms. The van der Waals surface area contributed by atoms with E-state index in [1.165, 1.54) is 0 Å². The van der Waals surface area contributed by atoms with Gasteiger partial charge < -0.3 is 33.9 Å². The van der Waals surface area contributed by atoms with E-state index >= 15 is 0 Å². The zero-order valence-electron chi connectivity index (χ0n) is 26.3. The van der Waals surface area contributed by atoms with Crippen LogP contribution < -0.4 is 14.5 Å². The van der Waals surface area contributed by atoms with E-state index in [9.17, 15) is 4.79 Å². The van der Waals surface area contributed by atoms with Crippen molar-refractivity contribution >= 4 is 39.8 Å². The van der Waals surface area contributed by atoms with Crippen LogP contribution in [0.15, 0.2) is 36.4 Å². The lowest BCUT2D eigenvalue weighted by Gasteiger charge is -2.41. The monoisotopic (exact) mass is 639 g/mol. The van der Waals surface area contributed by atoms with Crippen LogP contribution in [0.5, 0.6) is 6.01 Å². The number of carbonyl (C=O) groups excluding carboxylic acids is 1. The largest absolute Gasteiger partial charge is 0.462 e. The average molecular weight is 640 g/mol. The van der Waals surface area contributed by atoms with Gasteiger partial charge in [-0.3, -0.25) is 4.79 Å². The Morgan fingerprint density at radius 3 is 2.76 bits per heavy atom. The van der Waals surface area contributed by atoms with E-state index in [1.54, 1.807) is 6.92 Å². The highest BCUT2D eigenvalue weighted by Gasteiger charge is 2.49. The van der Waals surface area contributed by atoms with Gasteiger partial charge in [-0.2, -0.15) is 9.97 Å². The molecule has 5 heterocycles. The van der Waals surface area contributed by atoms with Crippen LogP contribution in [0.1, 0.15) is 31.0 Å². The van der Waals surface area contributed by atoms with E-state index < -0.39 is 6.10 Å². The molecule has 7 rings (SSSR count). The number of likely N-dealkylation sites (N-methyl/N-ethyl adjacent to an activating group) is 1. The van der Waals surface area contributed by atoms with Crippen LogP contribution in [-0.2, 0) is 22.5 Å². The molecule has 4 aliphatic heterocycles. The Hall–Kier alpha value is -4.09. The van der Waals surface area contributed by atoms with Gasteiger partial charge in [0.15, 0.2) is 12.2 Å². The van der Waals surface area contributed by atoms with E-state index in [0.29, 0.717) is 44.8 Å². The number of hydrogen-bond acceptors (Lipinski definition) is 8. The topological polar surface area (TPSA) is 81.9 Å². The Kier molecular flexibility index (Phi) is 8.61. The van der Waals surface area contributed by atoms with Crippen molar-refractivity contribution in [2.75, 3.05) is 62.7 Å². The second kappa shape index (κ2) is 13.0. The first-order valence-electron chi connectivity index (χ1n) is 16.1. The summed E-state index contributed by atoms with van der Waals surface area (Å²) in [6, 6.07) is 12.7. The molecule has 10 nitrogen and oxygen atoms in total. The van der Waals surface area contributed by atoms with Gasteiger partial charge in [0.2, 0.25) is 6.54 Å². The van der Waals surface area contributed by atoms with E-state index in [2.05, 4.69) is 62.7 Å². The minimum Gasteiger partial charge on any atom is -0.462 e. The number of rotatable bonds is 7. The first-order valence-corrected chi connectivity index (χ1v) is 16.4. The van der Waals surface area contributed by atoms with Crippen LogP contribution in [-0.4, -0.2) is 103 Å². The Labute approximate surface area is 275 Å². The molecular formula is C35H38ClN7O3. The molecule has 3 fully saturated rings. The van der Waals surface area contributed by atoms with Crippen LogP contribution >= 0.6 is 11.6 Å². The molecule has 3 saturated heterocycles. The summed E-state index contributed by atoms with van der Waals surface area (Å²) < 4.78 is 11.9. The number of ether oxygens (including phenoxy) is 2. The fourth-order valence-electron chi connectivity index (χ4n) is 7.14. The third-order valence-corrected chi connectivity index (χ3v) is 9.98. The molecule has 0 N–H and O–H groups in total. The summed E-state index contributed by atoms with van der Waals surface area (Å²) in [5.41, 5.74) is 3.11. The highest BCUT2D eigenvalue weighted by Crippen LogP contribution is 2.37. The normalized spacial score (nSPS) is 24.3. The van der Waals surface area contributed by atoms with E-state index in [0.717, 1.165) is 70.9 Å². The number of likely N-dealkylation sites (tertiary alicyclic amines) is 1. The smallest absolute Gasteiger partial charge is 0.318 e. The number of halogens is 1.